The molecule has 0 saturated heterocycles. The van der Waals surface area contributed by atoms with Gasteiger partial charge in [-0.3, -0.25) is 0 Å². The number of rotatable bonds is 2. The maximum Gasteiger partial charge on any atom is 0.280 e. The summed E-state index contributed by atoms with van der Waals surface area (Å²) in [6, 6.07) is 1.46. The van der Waals surface area contributed by atoms with E-state index >= 15 is 0 Å². The van der Waals surface area contributed by atoms with Crippen molar-refractivity contribution in [2.75, 3.05) is 5.73 Å². The van der Waals surface area contributed by atoms with Crippen LogP contribution in [0.25, 0.3) is 0 Å². The molecule has 6 heteroatoms. The summed E-state index contributed by atoms with van der Waals surface area (Å²) in [5, 5.41) is 0. The topological polar surface area (TPSA) is 64.9 Å². The number of anilines is 1. The first-order valence-corrected chi connectivity index (χ1v) is 4.28. The Morgan fingerprint density at radius 3 is 2.62 bits per heavy atom. The fourth-order valence-electron chi connectivity index (χ4n) is 0.908. The predicted octanol–water partition coefficient (Wildman–Crippen LogP) is 1.82. The van der Waals surface area contributed by atoms with Gasteiger partial charge in [-0.1, -0.05) is 0 Å². The Hall–Kier alpha value is -0.750. The molecule has 0 aliphatic carbocycles. The quantitative estimate of drug-likeness (QED) is 0.843. The molecule has 1 aromatic heterocycles. The Balaban J connectivity index is 3.25. The van der Waals surface area contributed by atoms with E-state index in [9.17, 15) is 8.78 Å². The van der Waals surface area contributed by atoms with Crippen LogP contribution in [-0.2, 0) is 6.54 Å². The number of nitrogen functional groups attached to an aromatic ring is 1. The normalized spacial score (nSPS) is 10.8. The standard InChI is InChI=1S/C7H8BrF2N3/c8-4-1-3(2-11)5(6(9)10)13-7(4)12/h1,6H,2,11H2,(H2,12,13). The third-order valence-corrected chi connectivity index (χ3v) is 2.18. The number of aromatic nitrogens is 1. The molecule has 0 fully saturated rings. The van der Waals surface area contributed by atoms with Gasteiger partial charge in [0.25, 0.3) is 6.43 Å². The molecule has 0 bridgehead atoms. The van der Waals surface area contributed by atoms with E-state index in [0.29, 0.717) is 10.0 Å². The van der Waals surface area contributed by atoms with Gasteiger partial charge in [-0.15, -0.1) is 0 Å². The lowest BCUT2D eigenvalue weighted by molar-refractivity contribution is 0.145. The smallest absolute Gasteiger partial charge is 0.280 e. The summed E-state index contributed by atoms with van der Waals surface area (Å²) in [5.41, 5.74) is 10.6. The van der Waals surface area contributed by atoms with Gasteiger partial charge in [0.05, 0.1) is 4.47 Å². The number of nitrogens with zero attached hydrogens (tertiary/aromatic N) is 1. The van der Waals surface area contributed by atoms with Crippen LogP contribution in [0.15, 0.2) is 10.5 Å². The summed E-state index contributed by atoms with van der Waals surface area (Å²) in [6.07, 6.45) is -2.64. The van der Waals surface area contributed by atoms with E-state index in [1.54, 1.807) is 0 Å². The number of halogens is 3. The first-order valence-electron chi connectivity index (χ1n) is 3.49. The Labute approximate surface area is 82.3 Å². The summed E-state index contributed by atoms with van der Waals surface area (Å²) in [5.74, 6) is 0.0486. The Morgan fingerprint density at radius 1 is 1.54 bits per heavy atom. The molecular formula is C7H8BrF2N3. The zero-order valence-corrected chi connectivity index (χ0v) is 8.18. The number of pyridine rings is 1. The van der Waals surface area contributed by atoms with Gasteiger partial charge in [0.2, 0.25) is 0 Å². The highest BCUT2D eigenvalue weighted by Crippen LogP contribution is 2.26. The fourth-order valence-corrected chi connectivity index (χ4v) is 1.27. The zero-order valence-electron chi connectivity index (χ0n) is 6.60. The third kappa shape index (κ3) is 2.13. The SMILES string of the molecule is NCc1cc(Br)c(N)nc1C(F)F. The van der Waals surface area contributed by atoms with Crippen molar-refractivity contribution in [3.05, 3.63) is 21.8 Å². The van der Waals surface area contributed by atoms with Gasteiger partial charge in [-0.05, 0) is 27.6 Å². The minimum atomic E-state index is -2.64. The van der Waals surface area contributed by atoms with Crippen LogP contribution in [0.1, 0.15) is 17.7 Å². The molecule has 0 saturated carbocycles. The number of nitrogens with two attached hydrogens (primary N) is 2. The number of hydrogen-bond donors (Lipinski definition) is 2. The highest BCUT2D eigenvalue weighted by atomic mass is 79.9. The molecule has 0 spiro atoms. The molecule has 13 heavy (non-hydrogen) atoms. The van der Waals surface area contributed by atoms with Crippen molar-refractivity contribution >= 4 is 21.7 Å². The number of alkyl halides is 2. The van der Waals surface area contributed by atoms with Crippen LogP contribution in [0.3, 0.4) is 0 Å². The maximum absolute atomic E-state index is 12.3. The van der Waals surface area contributed by atoms with Crippen molar-refractivity contribution in [3.63, 3.8) is 0 Å². The highest BCUT2D eigenvalue weighted by molar-refractivity contribution is 9.10. The lowest BCUT2D eigenvalue weighted by Gasteiger charge is -2.07. The highest BCUT2D eigenvalue weighted by Gasteiger charge is 2.15. The predicted molar refractivity (Wildman–Crippen MR) is 49.2 cm³/mol. The molecule has 1 rings (SSSR count). The van der Waals surface area contributed by atoms with Crippen LogP contribution in [0, 0.1) is 0 Å². The number of hydrogen-bond acceptors (Lipinski definition) is 3. The van der Waals surface area contributed by atoms with Crippen LogP contribution >= 0.6 is 15.9 Å². The van der Waals surface area contributed by atoms with E-state index < -0.39 is 6.43 Å². The zero-order chi connectivity index (χ0) is 10.0. The van der Waals surface area contributed by atoms with Crippen LogP contribution in [0.2, 0.25) is 0 Å². The van der Waals surface area contributed by atoms with Crippen molar-refractivity contribution in [1.29, 1.82) is 0 Å². The first-order chi connectivity index (χ1) is 6.06. The van der Waals surface area contributed by atoms with Crippen molar-refractivity contribution in [2.45, 2.75) is 13.0 Å². The molecule has 0 atom stereocenters. The molecule has 0 unspecified atom stereocenters. The van der Waals surface area contributed by atoms with Gasteiger partial charge in [0.15, 0.2) is 0 Å². The first kappa shape index (κ1) is 10.3. The molecule has 1 heterocycles. The summed E-state index contributed by atoms with van der Waals surface area (Å²) < 4.78 is 25.2. The molecule has 0 amide bonds. The van der Waals surface area contributed by atoms with E-state index in [1.807, 2.05) is 0 Å². The van der Waals surface area contributed by atoms with Gasteiger partial charge < -0.3 is 11.5 Å². The minimum absolute atomic E-state index is 0.0194. The van der Waals surface area contributed by atoms with Gasteiger partial charge in [0, 0.05) is 6.54 Å². The van der Waals surface area contributed by atoms with Gasteiger partial charge in [-0.2, -0.15) is 0 Å². The molecule has 0 aromatic carbocycles. The van der Waals surface area contributed by atoms with Crippen LogP contribution in [-0.4, -0.2) is 4.98 Å². The average Bonchev–Trinajstić information content (AvgIpc) is 2.08. The van der Waals surface area contributed by atoms with E-state index in [0.717, 1.165) is 0 Å². The van der Waals surface area contributed by atoms with Crippen molar-refractivity contribution < 1.29 is 8.78 Å². The van der Waals surface area contributed by atoms with Crippen molar-refractivity contribution in [1.82, 2.24) is 4.98 Å². The van der Waals surface area contributed by atoms with E-state index in [2.05, 4.69) is 20.9 Å². The van der Waals surface area contributed by atoms with E-state index in [1.165, 1.54) is 6.07 Å². The monoisotopic (exact) mass is 251 g/mol. The molecule has 72 valence electrons. The van der Waals surface area contributed by atoms with Gasteiger partial charge >= 0.3 is 0 Å². The second-order valence-electron chi connectivity index (χ2n) is 2.40. The van der Waals surface area contributed by atoms with Crippen molar-refractivity contribution in [3.8, 4) is 0 Å². The van der Waals surface area contributed by atoms with E-state index in [4.69, 9.17) is 11.5 Å². The van der Waals surface area contributed by atoms with Gasteiger partial charge in [0.1, 0.15) is 11.5 Å². The minimum Gasteiger partial charge on any atom is -0.383 e. The molecule has 4 N–H and O–H groups in total. The van der Waals surface area contributed by atoms with Crippen LogP contribution in [0.5, 0.6) is 0 Å². The Kier molecular flexibility index (Phi) is 3.16. The molecule has 0 aliphatic heterocycles. The molecular weight excluding hydrogens is 244 g/mol. The molecule has 0 aliphatic rings. The second-order valence-corrected chi connectivity index (χ2v) is 3.26. The van der Waals surface area contributed by atoms with Crippen LogP contribution < -0.4 is 11.5 Å². The van der Waals surface area contributed by atoms with Gasteiger partial charge in [-0.25, -0.2) is 13.8 Å². The Bertz CT molecular complexity index is 317. The fraction of sp³-hybridized carbons (Fsp3) is 0.286. The molecule has 1 aromatic rings. The lowest BCUT2D eigenvalue weighted by atomic mass is 10.2. The summed E-state index contributed by atoms with van der Waals surface area (Å²) in [7, 11) is 0. The maximum atomic E-state index is 12.3. The van der Waals surface area contributed by atoms with Crippen molar-refractivity contribution in [2.24, 2.45) is 5.73 Å². The molecule has 0 radical (unpaired) electrons. The summed E-state index contributed by atoms with van der Waals surface area (Å²) >= 11 is 3.08. The summed E-state index contributed by atoms with van der Waals surface area (Å²) in [4.78, 5) is 3.54. The average molecular weight is 252 g/mol. The largest absolute Gasteiger partial charge is 0.383 e. The lowest BCUT2D eigenvalue weighted by Crippen LogP contribution is -2.07. The Morgan fingerprint density at radius 2 is 2.15 bits per heavy atom. The van der Waals surface area contributed by atoms with Crippen LogP contribution in [0.4, 0.5) is 14.6 Å². The molecule has 3 nitrogen and oxygen atoms in total. The summed E-state index contributed by atoms with van der Waals surface area (Å²) in [6.45, 7) is 0.0194. The second kappa shape index (κ2) is 3.97. The third-order valence-electron chi connectivity index (χ3n) is 1.54. The van der Waals surface area contributed by atoms with E-state index in [-0.39, 0.29) is 18.1 Å².